The molecule has 2 N–H and O–H groups in total. The molecule has 3 rings (SSSR count). The lowest BCUT2D eigenvalue weighted by atomic mass is 9.94. The topological polar surface area (TPSA) is 58.2 Å². The quantitative estimate of drug-likeness (QED) is 0.807. The van der Waals surface area contributed by atoms with E-state index in [9.17, 15) is 22.8 Å². The van der Waals surface area contributed by atoms with E-state index in [0.717, 1.165) is 44.2 Å². The zero-order valence-corrected chi connectivity index (χ0v) is 13.8. The molecule has 2 aliphatic rings. The first-order chi connectivity index (χ1) is 11.8. The molecule has 0 aromatic heterocycles. The van der Waals surface area contributed by atoms with Gasteiger partial charge in [-0.15, -0.1) is 0 Å². The molecule has 2 fully saturated rings. The summed E-state index contributed by atoms with van der Waals surface area (Å²) in [7, 11) is 0. The van der Waals surface area contributed by atoms with Crippen LogP contribution in [0.2, 0.25) is 0 Å². The molecule has 1 aromatic carbocycles. The highest BCUT2D eigenvalue weighted by Gasteiger charge is 2.56. The third-order valence-electron chi connectivity index (χ3n) is 5.01. The fraction of sp³-hybridized carbons (Fsp3) is 0.556. The van der Waals surface area contributed by atoms with Crippen molar-refractivity contribution >= 4 is 17.5 Å². The van der Waals surface area contributed by atoms with E-state index >= 15 is 0 Å². The number of rotatable bonds is 4. The van der Waals surface area contributed by atoms with Gasteiger partial charge < -0.3 is 10.6 Å². The third-order valence-corrected chi connectivity index (χ3v) is 5.01. The molecule has 136 valence electrons. The van der Waals surface area contributed by atoms with Crippen LogP contribution in [0, 0.1) is 5.41 Å². The van der Waals surface area contributed by atoms with E-state index in [1.807, 2.05) is 0 Å². The summed E-state index contributed by atoms with van der Waals surface area (Å²) in [6, 6.07) is 4.55. The summed E-state index contributed by atoms with van der Waals surface area (Å²) in [5.41, 5.74) is -1.91. The van der Waals surface area contributed by atoms with Gasteiger partial charge in [0, 0.05) is 11.7 Å². The minimum absolute atomic E-state index is 0.0524. The molecule has 0 unspecified atom stereocenters. The zero-order chi connectivity index (χ0) is 18.1. The number of anilines is 1. The number of alkyl halides is 3. The van der Waals surface area contributed by atoms with Gasteiger partial charge in [-0.1, -0.05) is 25.3 Å². The second-order valence-corrected chi connectivity index (χ2v) is 6.92. The van der Waals surface area contributed by atoms with Crippen LogP contribution in [-0.4, -0.2) is 17.9 Å². The van der Waals surface area contributed by atoms with Gasteiger partial charge in [0.2, 0.25) is 11.8 Å². The molecular formula is C18H21F3N2O2. The standard InChI is InChI=1S/C18H21F3N2O2/c19-18(20,21)12-5-4-8-14(11-12)23-16(25)17(9-10-17)15(24)22-13-6-2-1-3-7-13/h4-5,8,11,13H,1-3,6-7,9-10H2,(H,22,24)(H,23,25). The maximum absolute atomic E-state index is 12.8. The maximum Gasteiger partial charge on any atom is 0.416 e. The molecule has 0 atom stereocenters. The molecule has 0 bridgehead atoms. The lowest BCUT2D eigenvalue weighted by Crippen LogP contribution is -2.45. The van der Waals surface area contributed by atoms with Crippen LogP contribution in [0.25, 0.3) is 0 Å². The highest BCUT2D eigenvalue weighted by Crippen LogP contribution is 2.47. The number of halogens is 3. The van der Waals surface area contributed by atoms with Crippen LogP contribution >= 0.6 is 0 Å². The number of benzene rings is 1. The zero-order valence-electron chi connectivity index (χ0n) is 13.8. The Labute approximate surface area is 144 Å². The second-order valence-electron chi connectivity index (χ2n) is 6.92. The summed E-state index contributed by atoms with van der Waals surface area (Å²) in [6.07, 6.45) is 1.49. The molecule has 0 radical (unpaired) electrons. The molecule has 4 nitrogen and oxygen atoms in total. The molecule has 25 heavy (non-hydrogen) atoms. The van der Waals surface area contributed by atoms with E-state index in [1.54, 1.807) is 0 Å². The molecule has 0 spiro atoms. The van der Waals surface area contributed by atoms with Gasteiger partial charge in [-0.2, -0.15) is 13.2 Å². The van der Waals surface area contributed by atoms with E-state index in [-0.39, 0.29) is 17.6 Å². The van der Waals surface area contributed by atoms with Crippen LogP contribution in [0.1, 0.15) is 50.5 Å². The Kier molecular flexibility index (Phi) is 4.75. The Morgan fingerprint density at radius 2 is 1.72 bits per heavy atom. The number of hydrogen-bond donors (Lipinski definition) is 2. The average molecular weight is 354 g/mol. The van der Waals surface area contributed by atoms with Gasteiger partial charge in [-0.25, -0.2) is 0 Å². The molecule has 0 saturated heterocycles. The van der Waals surface area contributed by atoms with Gasteiger partial charge >= 0.3 is 6.18 Å². The van der Waals surface area contributed by atoms with Crippen molar-refractivity contribution in [1.29, 1.82) is 0 Å². The fourth-order valence-electron chi connectivity index (χ4n) is 3.28. The second kappa shape index (κ2) is 6.69. The van der Waals surface area contributed by atoms with Crippen molar-refractivity contribution in [3.63, 3.8) is 0 Å². The van der Waals surface area contributed by atoms with E-state index in [2.05, 4.69) is 10.6 Å². The Morgan fingerprint density at radius 3 is 2.32 bits per heavy atom. The van der Waals surface area contributed by atoms with Gasteiger partial charge in [0.25, 0.3) is 0 Å². The van der Waals surface area contributed by atoms with Crippen molar-refractivity contribution in [2.24, 2.45) is 5.41 Å². The highest BCUT2D eigenvalue weighted by molar-refractivity contribution is 6.13. The van der Waals surface area contributed by atoms with E-state index < -0.39 is 23.1 Å². The molecule has 2 aliphatic carbocycles. The average Bonchev–Trinajstić information content (AvgIpc) is 3.37. The van der Waals surface area contributed by atoms with E-state index in [0.29, 0.717) is 12.8 Å². The normalized spacial score (nSPS) is 20.0. The van der Waals surface area contributed by atoms with E-state index in [1.165, 1.54) is 12.1 Å². The van der Waals surface area contributed by atoms with Crippen molar-refractivity contribution < 1.29 is 22.8 Å². The summed E-state index contributed by atoms with van der Waals surface area (Å²) < 4.78 is 38.3. The van der Waals surface area contributed by atoms with Crippen molar-refractivity contribution in [1.82, 2.24) is 5.32 Å². The Bertz CT molecular complexity index is 663. The monoisotopic (exact) mass is 354 g/mol. The first kappa shape index (κ1) is 17.8. The van der Waals surface area contributed by atoms with Crippen LogP contribution < -0.4 is 10.6 Å². The van der Waals surface area contributed by atoms with Crippen LogP contribution in [0.15, 0.2) is 24.3 Å². The van der Waals surface area contributed by atoms with Gasteiger partial charge in [-0.05, 0) is 43.9 Å². The molecule has 2 saturated carbocycles. The maximum atomic E-state index is 12.8. The lowest BCUT2D eigenvalue weighted by molar-refractivity contribution is -0.138. The number of hydrogen-bond acceptors (Lipinski definition) is 2. The van der Waals surface area contributed by atoms with Gasteiger partial charge in [-0.3, -0.25) is 9.59 Å². The van der Waals surface area contributed by atoms with Crippen molar-refractivity contribution in [2.75, 3.05) is 5.32 Å². The summed E-state index contributed by atoms with van der Waals surface area (Å²) in [5.74, 6) is -0.830. The molecular weight excluding hydrogens is 333 g/mol. The first-order valence-corrected chi connectivity index (χ1v) is 8.61. The van der Waals surface area contributed by atoms with Gasteiger partial charge in [0.15, 0.2) is 0 Å². The number of carbonyl (C=O) groups excluding carboxylic acids is 2. The van der Waals surface area contributed by atoms with Crippen LogP contribution in [0.3, 0.4) is 0 Å². The molecule has 7 heteroatoms. The number of carbonyl (C=O) groups is 2. The number of nitrogens with one attached hydrogen (secondary N) is 2. The fourth-order valence-corrected chi connectivity index (χ4v) is 3.28. The number of amides is 2. The molecule has 1 aromatic rings. The largest absolute Gasteiger partial charge is 0.416 e. The molecule has 0 heterocycles. The predicted molar refractivity (Wildman–Crippen MR) is 86.8 cm³/mol. The highest BCUT2D eigenvalue weighted by atomic mass is 19.4. The van der Waals surface area contributed by atoms with E-state index in [4.69, 9.17) is 0 Å². The van der Waals surface area contributed by atoms with Crippen LogP contribution in [0.5, 0.6) is 0 Å². The van der Waals surface area contributed by atoms with Crippen LogP contribution in [-0.2, 0) is 15.8 Å². The van der Waals surface area contributed by atoms with Crippen molar-refractivity contribution in [2.45, 2.75) is 57.2 Å². The Balaban J connectivity index is 1.65. The summed E-state index contributed by atoms with van der Waals surface area (Å²) in [4.78, 5) is 25.0. The van der Waals surface area contributed by atoms with Gasteiger partial charge in [0.05, 0.1) is 5.56 Å². The van der Waals surface area contributed by atoms with Crippen molar-refractivity contribution in [3.05, 3.63) is 29.8 Å². The first-order valence-electron chi connectivity index (χ1n) is 8.61. The molecule has 0 aliphatic heterocycles. The predicted octanol–water partition coefficient (Wildman–Crippen LogP) is 3.87. The smallest absolute Gasteiger partial charge is 0.352 e. The summed E-state index contributed by atoms with van der Waals surface area (Å²) in [6.45, 7) is 0. The minimum Gasteiger partial charge on any atom is -0.352 e. The Hall–Kier alpha value is -2.05. The summed E-state index contributed by atoms with van der Waals surface area (Å²) >= 11 is 0. The molecule has 2 amide bonds. The lowest BCUT2D eigenvalue weighted by Gasteiger charge is -2.25. The third kappa shape index (κ3) is 3.96. The van der Waals surface area contributed by atoms with Crippen LogP contribution in [0.4, 0.5) is 18.9 Å². The SMILES string of the molecule is O=C(Nc1cccc(C(F)(F)F)c1)C1(C(=O)NC2CCCCC2)CC1. The minimum atomic E-state index is -4.48. The van der Waals surface area contributed by atoms with Gasteiger partial charge in [0.1, 0.15) is 5.41 Å². The Morgan fingerprint density at radius 1 is 1.04 bits per heavy atom. The summed E-state index contributed by atoms with van der Waals surface area (Å²) in [5, 5.41) is 5.42. The van der Waals surface area contributed by atoms with Crippen molar-refractivity contribution in [3.8, 4) is 0 Å².